The highest BCUT2D eigenvalue weighted by Gasteiger charge is 2.04. The third-order valence-electron chi connectivity index (χ3n) is 2.16. The number of hydrogen-bond acceptors (Lipinski definition) is 3. The van der Waals surface area contributed by atoms with Gasteiger partial charge >= 0.3 is 0 Å². The fourth-order valence-electron chi connectivity index (χ4n) is 1.33. The lowest BCUT2D eigenvalue weighted by Crippen LogP contribution is -2.00. The van der Waals surface area contributed by atoms with Crippen LogP contribution in [0.2, 0.25) is 5.28 Å². The van der Waals surface area contributed by atoms with E-state index < -0.39 is 0 Å². The normalized spacial score (nSPS) is 10.3. The lowest BCUT2D eigenvalue weighted by Gasteiger charge is -2.07. The van der Waals surface area contributed by atoms with Gasteiger partial charge < -0.3 is 4.74 Å². The Morgan fingerprint density at radius 3 is 3.00 bits per heavy atom. The molecule has 88 valence electrons. The maximum Gasteiger partial charge on any atom is 0.225 e. The van der Waals surface area contributed by atoms with Crippen molar-refractivity contribution >= 4 is 27.5 Å². The van der Waals surface area contributed by atoms with Gasteiger partial charge in [0.2, 0.25) is 11.2 Å². The first-order chi connectivity index (χ1) is 8.15. The SMILES string of the molecule is Cc1cnc(Cl)nc1OCc1cccc(Br)c1. The summed E-state index contributed by atoms with van der Waals surface area (Å²) in [5.41, 5.74) is 1.93. The summed E-state index contributed by atoms with van der Waals surface area (Å²) in [6.45, 7) is 2.33. The van der Waals surface area contributed by atoms with Crippen LogP contribution < -0.4 is 4.74 Å². The van der Waals surface area contributed by atoms with Gasteiger partial charge in [0, 0.05) is 16.2 Å². The lowest BCUT2D eigenvalue weighted by atomic mass is 10.2. The first-order valence-corrected chi connectivity index (χ1v) is 6.18. The van der Waals surface area contributed by atoms with Crippen LogP contribution in [-0.4, -0.2) is 9.97 Å². The Labute approximate surface area is 113 Å². The Hall–Kier alpha value is -1.13. The zero-order chi connectivity index (χ0) is 12.3. The van der Waals surface area contributed by atoms with Gasteiger partial charge in [-0.2, -0.15) is 4.98 Å². The van der Waals surface area contributed by atoms with E-state index in [4.69, 9.17) is 16.3 Å². The van der Waals surface area contributed by atoms with E-state index in [0.717, 1.165) is 15.6 Å². The highest BCUT2D eigenvalue weighted by atomic mass is 79.9. The minimum atomic E-state index is 0.194. The molecule has 1 aromatic carbocycles. The number of aryl methyl sites for hydroxylation is 1. The second-order valence-corrected chi connectivity index (χ2v) is 4.80. The topological polar surface area (TPSA) is 35.0 Å². The molecule has 2 aromatic rings. The number of halogens is 2. The van der Waals surface area contributed by atoms with Crippen molar-refractivity contribution in [3.63, 3.8) is 0 Å². The standard InChI is InChI=1S/C12H10BrClN2O/c1-8-6-15-12(14)16-11(8)17-7-9-3-2-4-10(13)5-9/h2-6H,7H2,1H3. The molecule has 0 bridgehead atoms. The third-order valence-corrected chi connectivity index (χ3v) is 2.84. The molecule has 0 saturated carbocycles. The maximum atomic E-state index is 5.71. The van der Waals surface area contributed by atoms with Gasteiger partial charge in [-0.1, -0.05) is 28.1 Å². The zero-order valence-corrected chi connectivity index (χ0v) is 11.5. The maximum absolute atomic E-state index is 5.71. The average Bonchev–Trinajstić information content (AvgIpc) is 2.30. The molecule has 2 rings (SSSR count). The molecule has 0 spiro atoms. The monoisotopic (exact) mass is 312 g/mol. The Morgan fingerprint density at radius 1 is 1.41 bits per heavy atom. The van der Waals surface area contributed by atoms with Crippen molar-refractivity contribution in [1.29, 1.82) is 0 Å². The molecule has 1 heterocycles. The van der Waals surface area contributed by atoms with E-state index >= 15 is 0 Å². The average molecular weight is 314 g/mol. The fourth-order valence-corrected chi connectivity index (χ4v) is 1.90. The van der Waals surface area contributed by atoms with Crippen molar-refractivity contribution < 1.29 is 4.74 Å². The Balaban J connectivity index is 2.09. The van der Waals surface area contributed by atoms with Crippen molar-refractivity contribution in [2.75, 3.05) is 0 Å². The van der Waals surface area contributed by atoms with Crippen LogP contribution in [0.5, 0.6) is 5.88 Å². The number of hydrogen-bond donors (Lipinski definition) is 0. The molecule has 0 unspecified atom stereocenters. The van der Waals surface area contributed by atoms with Crippen LogP contribution >= 0.6 is 27.5 Å². The van der Waals surface area contributed by atoms with Crippen LogP contribution in [0, 0.1) is 6.92 Å². The summed E-state index contributed by atoms with van der Waals surface area (Å²) in [5, 5.41) is 0.194. The first kappa shape index (κ1) is 12.3. The molecular weight excluding hydrogens is 304 g/mol. The largest absolute Gasteiger partial charge is 0.472 e. The molecule has 0 aliphatic heterocycles. The Bertz CT molecular complexity index is 534. The lowest BCUT2D eigenvalue weighted by molar-refractivity contribution is 0.291. The zero-order valence-electron chi connectivity index (χ0n) is 9.15. The van der Waals surface area contributed by atoms with Crippen LogP contribution in [0.4, 0.5) is 0 Å². The van der Waals surface area contributed by atoms with Gasteiger partial charge in [0.05, 0.1) is 0 Å². The van der Waals surface area contributed by atoms with E-state index in [0.29, 0.717) is 12.5 Å². The molecule has 0 N–H and O–H groups in total. The summed E-state index contributed by atoms with van der Waals surface area (Å²) >= 11 is 9.13. The summed E-state index contributed by atoms with van der Waals surface area (Å²) in [6.07, 6.45) is 1.64. The van der Waals surface area contributed by atoms with Crippen LogP contribution in [0.15, 0.2) is 34.9 Å². The van der Waals surface area contributed by atoms with Gasteiger partial charge in [0.15, 0.2) is 0 Å². The Morgan fingerprint density at radius 2 is 2.24 bits per heavy atom. The van der Waals surface area contributed by atoms with Crippen molar-refractivity contribution in [2.24, 2.45) is 0 Å². The van der Waals surface area contributed by atoms with Crippen molar-refractivity contribution in [2.45, 2.75) is 13.5 Å². The molecule has 0 radical (unpaired) electrons. The van der Waals surface area contributed by atoms with Gasteiger partial charge in [0.1, 0.15) is 6.61 Å². The third kappa shape index (κ3) is 3.41. The highest BCUT2D eigenvalue weighted by molar-refractivity contribution is 9.10. The molecular formula is C12H10BrClN2O. The Kier molecular flexibility index (Phi) is 3.97. The molecule has 5 heteroatoms. The van der Waals surface area contributed by atoms with Crippen LogP contribution in [0.3, 0.4) is 0 Å². The quantitative estimate of drug-likeness (QED) is 0.809. The fraction of sp³-hybridized carbons (Fsp3) is 0.167. The molecule has 0 saturated heterocycles. The predicted molar refractivity (Wildman–Crippen MR) is 70.3 cm³/mol. The number of aromatic nitrogens is 2. The summed E-state index contributed by atoms with van der Waals surface area (Å²) < 4.78 is 6.63. The number of ether oxygens (including phenoxy) is 1. The van der Waals surface area contributed by atoms with Crippen LogP contribution in [0.1, 0.15) is 11.1 Å². The second-order valence-electron chi connectivity index (χ2n) is 3.55. The van der Waals surface area contributed by atoms with Crippen molar-refractivity contribution in [3.05, 3.63) is 51.3 Å². The van der Waals surface area contributed by atoms with E-state index in [9.17, 15) is 0 Å². The van der Waals surface area contributed by atoms with E-state index in [1.807, 2.05) is 31.2 Å². The van der Waals surface area contributed by atoms with Gasteiger partial charge in [-0.3, -0.25) is 0 Å². The van der Waals surface area contributed by atoms with Gasteiger partial charge in [-0.15, -0.1) is 0 Å². The first-order valence-electron chi connectivity index (χ1n) is 5.01. The molecule has 0 aliphatic rings. The molecule has 0 amide bonds. The second kappa shape index (κ2) is 5.47. The molecule has 0 atom stereocenters. The van der Waals surface area contributed by atoms with E-state index in [1.165, 1.54) is 0 Å². The van der Waals surface area contributed by atoms with Crippen molar-refractivity contribution in [3.8, 4) is 5.88 Å². The number of rotatable bonds is 3. The smallest absolute Gasteiger partial charge is 0.225 e. The molecule has 1 aromatic heterocycles. The van der Waals surface area contributed by atoms with Gasteiger partial charge in [-0.25, -0.2) is 4.98 Å². The van der Waals surface area contributed by atoms with Crippen molar-refractivity contribution in [1.82, 2.24) is 9.97 Å². The van der Waals surface area contributed by atoms with Gasteiger partial charge in [-0.05, 0) is 36.2 Å². The van der Waals surface area contributed by atoms with E-state index in [2.05, 4.69) is 25.9 Å². The number of nitrogens with zero attached hydrogens (tertiary/aromatic N) is 2. The molecule has 17 heavy (non-hydrogen) atoms. The molecule has 3 nitrogen and oxygen atoms in total. The van der Waals surface area contributed by atoms with Crippen LogP contribution in [-0.2, 0) is 6.61 Å². The van der Waals surface area contributed by atoms with Crippen LogP contribution in [0.25, 0.3) is 0 Å². The summed E-state index contributed by atoms with van der Waals surface area (Å²) in [7, 11) is 0. The molecule has 0 fully saturated rings. The predicted octanol–water partition coefficient (Wildman–Crippen LogP) is 3.78. The highest BCUT2D eigenvalue weighted by Crippen LogP contribution is 2.18. The summed E-state index contributed by atoms with van der Waals surface area (Å²) in [4.78, 5) is 7.91. The molecule has 0 aliphatic carbocycles. The summed E-state index contributed by atoms with van der Waals surface area (Å²) in [5.74, 6) is 0.518. The minimum absolute atomic E-state index is 0.194. The van der Waals surface area contributed by atoms with E-state index in [1.54, 1.807) is 6.20 Å². The van der Waals surface area contributed by atoms with E-state index in [-0.39, 0.29) is 5.28 Å². The summed E-state index contributed by atoms with van der Waals surface area (Å²) in [6, 6.07) is 7.92. The number of benzene rings is 1. The minimum Gasteiger partial charge on any atom is -0.472 e. The van der Waals surface area contributed by atoms with Gasteiger partial charge in [0.25, 0.3) is 0 Å².